The molecular formula is C10H10BrFO2. The summed E-state index contributed by atoms with van der Waals surface area (Å²) in [4.78, 5) is 0. The van der Waals surface area contributed by atoms with Crippen LogP contribution in [0, 0.1) is 5.82 Å². The molecule has 0 heterocycles. The first kappa shape index (κ1) is 11.2. The van der Waals surface area contributed by atoms with E-state index in [9.17, 15) is 4.39 Å². The van der Waals surface area contributed by atoms with Crippen molar-refractivity contribution in [1.82, 2.24) is 0 Å². The van der Waals surface area contributed by atoms with E-state index in [1.807, 2.05) is 0 Å². The lowest BCUT2D eigenvalue weighted by atomic mass is 10.2. The molecule has 1 N–H and O–H groups in total. The van der Waals surface area contributed by atoms with Crippen LogP contribution in [0.5, 0.6) is 5.75 Å². The highest BCUT2D eigenvalue weighted by atomic mass is 79.9. The van der Waals surface area contributed by atoms with Gasteiger partial charge in [-0.25, -0.2) is 4.39 Å². The Morgan fingerprint density at radius 3 is 2.79 bits per heavy atom. The van der Waals surface area contributed by atoms with Crippen LogP contribution in [0.2, 0.25) is 0 Å². The SMILES string of the molecule is C=C(Br)COc1ccc(CO)cc1F. The summed E-state index contributed by atoms with van der Waals surface area (Å²) in [5, 5.41) is 8.74. The second-order valence-corrected chi connectivity index (χ2v) is 3.85. The molecule has 0 bridgehead atoms. The number of halogens is 2. The van der Waals surface area contributed by atoms with E-state index in [0.29, 0.717) is 10.0 Å². The van der Waals surface area contributed by atoms with Gasteiger partial charge in [0.15, 0.2) is 11.6 Å². The summed E-state index contributed by atoms with van der Waals surface area (Å²) in [6.45, 7) is 3.60. The van der Waals surface area contributed by atoms with Gasteiger partial charge in [0.05, 0.1) is 6.61 Å². The van der Waals surface area contributed by atoms with Gasteiger partial charge in [0.1, 0.15) is 6.61 Å². The third kappa shape index (κ3) is 3.12. The predicted molar refractivity (Wildman–Crippen MR) is 55.9 cm³/mol. The fraction of sp³-hybridized carbons (Fsp3) is 0.200. The van der Waals surface area contributed by atoms with Crippen molar-refractivity contribution < 1.29 is 14.2 Å². The molecule has 14 heavy (non-hydrogen) atoms. The van der Waals surface area contributed by atoms with Gasteiger partial charge in [-0.1, -0.05) is 28.6 Å². The van der Waals surface area contributed by atoms with Gasteiger partial charge in [0.2, 0.25) is 0 Å². The first-order valence-corrected chi connectivity index (χ1v) is 4.78. The van der Waals surface area contributed by atoms with Crippen molar-refractivity contribution in [2.45, 2.75) is 6.61 Å². The van der Waals surface area contributed by atoms with Crippen LogP contribution < -0.4 is 4.74 Å². The Bertz CT molecular complexity index is 339. The second kappa shape index (κ2) is 5.12. The summed E-state index contributed by atoms with van der Waals surface area (Å²) in [5.41, 5.74) is 0.521. The molecule has 0 spiro atoms. The Balaban J connectivity index is 2.73. The highest BCUT2D eigenvalue weighted by Gasteiger charge is 2.04. The monoisotopic (exact) mass is 260 g/mol. The Morgan fingerprint density at radius 2 is 2.29 bits per heavy atom. The van der Waals surface area contributed by atoms with Crippen molar-refractivity contribution in [3.8, 4) is 5.75 Å². The largest absolute Gasteiger partial charge is 0.485 e. The minimum Gasteiger partial charge on any atom is -0.485 e. The third-order valence-corrected chi connectivity index (χ3v) is 1.79. The molecule has 4 heteroatoms. The van der Waals surface area contributed by atoms with Crippen molar-refractivity contribution in [3.63, 3.8) is 0 Å². The quantitative estimate of drug-likeness (QED) is 0.902. The summed E-state index contributed by atoms with van der Waals surface area (Å²) < 4.78 is 18.9. The number of benzene rings is 1. The van der Waals surface area contributed by atoms with Crippen molar-refractivity contribution in [2.24, 2.45) is 0 Å². The highest BCUT2D eigenvalue weighted by molar-refractivity contribution is 9.11. The molecule has 1 rings (SSSR count). The van der Waals surface area contributed by atoms with Crippen LogP contribution in [0.3, 0.4) is 0 Å². The molecule has 0 amide bonds. The van der Waals surface area contributed by atoms with Crippen LogP contribution in [0.25, 0.3) is 0 Å². The Labute approximate surface area is 90.1 Å². The van der Waals surface area contributed by atoms with E-state index < -0.39 is 5.82 Å². The zero-order valence-electron chi connectivity index (χ0n) is 7.46. The van der Waals surface area contributed by atoms with Crippen molar-refractivity contribution in [2.75, 3.05) is 6.61 Å². The van der Waals surface area contributed by atoms with Crippen molar-refractivity contribution in [1.29, 1.82) is 0 Å². The fourth-order valence-corrected chi connectivity index (χ4v) is 1.03. The Hall–Kier alpha value is -0.870. The molecule has 2 nitrogen and oxygen atoms in total. The van der Waals surface area contributed by atoms with Gasteiger partial charge in [-0.15, -0.1) is 0 Å². The van der Waals surface area contributed by atoms with Crippen LogP contribution in [0.4, 0.5) is 4.39 Å². The summed E-state index contributed by atoms with van der Waals surface area (Å²) in [6, 6.07) is 4.33. The lowest BCUT2D eigenvalue weighted by molar-refractivity contribution is 0.280. The van der Waals surface area contributed by atoms with Crippen LogP contribution in [-0.2, 0) is 6.61 Å². The van der Waals surface area contributed by atoms with E-state index in [-0.39, 0.29) is 19.0 Å². The number of rotatable bonds is 4. The minimum atomic E-state index is -0.481. The minimum absolute atomic E-state index is 0.155. The van der Waals surface area contributed by atoms with Crippen LogP contribution >= 0.6 is 15.9 Å². The Kier molecular flexibility index (Phi) is 4.10. The van der Waals surface area contributed by atoms with Gasteiger partial charge in [0.25, 0.3) is 0 Å². The summed E-state index contributed by atoms with van der Waals surface area (Å²) in [6.07, 6.45) is 0. The van der Waals surface area contributed by atoms with Crippen molar-refractivity contribution in [3.05, 3.63) is 40.6 Å². The van der Waals surface area contributed by atoms with Crippen LogP contribution in [-0.4, -0.2) is 11.7 Å². The number of hydrogen-bond acceptors (Lipinski definition) is 2. The summed E-state index contributed by atoms with van der Waals surface area (Å²) >= 11 is 3.10. The first-order chi connectivity index (χ1) is 6.63. The molecule has 0 aliphatic heterocycles. The number of aliphatic hydroxyl groups excluding tert-OH is 1. The molecule has 0 aliphatic rings. The van der Waals surface area contributed by atoms with E-state index in [1.165, 1.54) is 12.1 Å². The molecule has 0 aromatic heterocycles. The molecule has 1 aromatic rings. The lowest BCUT2D eigenvalue weighted by Gasteiger charge is -2.06. The first-order valence-electron chi connectivity index (χ1n) is 3.99. The molecule has 0 saturated heterocycles. The topological polar surface area (TPSA) is 29.5 Å². The van der Waals surface area contributed by atoms with Crippen LogP contribution in [0.15, 0.2) is 29.3 Å². The van der Waals surface area contributed by atoms with E-state index in [4.69, 9.17) is 9.84 Å². The van der Waals surface area contributed by atoms with E-state index in [1.54, 1.807) is 6.07 Å². The molecule has 0 atom stereocenters. The molecule has 0 fully saturated rings. The summed E-state index contributed by atoms with van der Waals surface area (Å²) in [7, 11) is 0. The maximum Gasteiger partial charge on any atom is 0.165 e. The van der Waals surface area contributed by atoms with E-state index in [0.717, 1.165) is 0 Å². The molecular weight excluding hydrogens is 251 g/mol. The van der Waals surface area contributed by atoms with Gasteiger partial charge in [-0.2, -0.15) is 0 Å². The third-order valence-electron chi connectivity index (χ3n) is 1.56. The molecule has 76 valence electrons. The molecule has 0 aliphatic carbocycles. The van der Waals surface area contributed by atoms with Crippen molar-refractivity contribution >= 4 is 15.9 Å². The second-order valence-electron chi connectivity index (χ2n) is 2.73. The number of aliphatic hydroxyl groups is 1. The highest BCUT2D eigenvalue weighted by Crippen LogP contribution is 2.19. The van der Waals surface area contributed by atoms with Gasteiger partial charge in [0, 0.05) is 4.48 Å². The van der Waals surface area contributed by atoms with Gasteiger partial charge in [-0.3, -0.25) is 0 Å². The standard InChI is InChI=1S/C10H10BrFO2/c1-7(11)6-14-10-3-2-8(5-13)4-9(10)12/h2-4,13H,1,5-6H2. The smallest absolute Gasteiger partial charge is 0.165 e. The molecule has 0 unspecified atom stereocenters. The van der Waals surface area contributed by atoms with Gasteiger partial charge in [-0.05, 0) is 17.7 Å². The average Bonchev–Trinajstić information content (AvgIpc) is 2.15. The normalized spacial score (nSPS) is 9.93. The number of ether oxygens (including phenoxy) is 1. The number of hydrogen-bond donors (Lipinski definition) is 1. The lowest BCUT2D eigenvalue weighted by Crippen LogP contribution is -1.98. The van der Waals surface area contributed by atoms with Gasteiger partial charge >= 0.3 is 0 Å². The van der Waals surface area contributed by atoms with E-state index in [2.05, 4.69) is 22.5 Å². The maximum absolute atomic E-state index is 13.2. The molecule has 0 saturated carbocycles. The average molecular weight is 261 g/mol. The fourth-order valence-electron chi connectivity index (χ4n) is 0.916. The van der Waals surface area contributed by atoms with E-state index >= 15 is 0 Å². The molecule has 1 aromatic carbocycles. The molecule has 0 radical (unpaired) electrons. The summed E-state index contributed by atoms with van der Waals surface area (Å²) in [5.74, 6) is -0.326. The Morgan fingerprint density at radius 1 is 1.57 bits per heavy atom. The zero-order valence-corrected chi connectivity index (χ0v) is 9.05. The predicted octanol–water partition coefficient (Wildman–Crippen LogP) is 2.61. The maximum atomic E-state index is 13.2. The van der Waals surface area contributed by atoms with Crippen LogP contribution in [0.1, 0.15) is 5.56 Å². The zero-order chi connectivity index (χ0) is 10.6. The van der Waals surface area contributed by atoms with Gasteiger partial charge < -0.3 is 9.84 Å².